The van der Waals surface area contributed by atoms with Crippen LogP contribution in [0, 0.1) is 0 Å². The lowest BCUT2D eigenvalue weighted by atomic mass is 10.4. The second-order valence-corrected chi connectivity index (χ2v) is 3.06. The van der Waals surface area contributed by atoms with Gasteiger partial charge in [0.05, 0.1) is 0 Å². The summed E-state index contributed by atoms with van der Waals surface area (Å²) in [5.74, 6) is -2.83. The van der Waals surface area contributed by atoms with Gasteiger partial charge < -0.3 is 25.5 Å². The van der Waals surface area contributed by atoms with Crippen LogP contribution >= 0.6 is 0 Å². The second kappa shape index (κ2) is 3.79. The average Bonchev–Trinajstić information content (AvgIpc) is 2.87. The van der Waals surface area contributed by atoms with E-state index in [-0.39, 0.29) is 17.5 Å². The molecule has 1 amide bonds. The number of carbonyl (C=O) groups is 1. The Morgan fingerprint density at radius 1 is 1.47 bits per heavy atom. The summed E-state index contributed by atoms with van der Waals surface area (Å²) in [4.78, 5) is 14.3. The molecule has 0 aliphatic carbocycles. The summed E-state index contributed by atoms with van der Waals surface area (Å²) in [6, 6.07) is 0. The number of nitrogens with zero attached hydrogens (tertiary/aromatic N) is 3. The number of primary amides is 1. The van der Waals surface area contributed by atoms with Crippen molar-refractivity contribution in [1.82, 2.24) is 14.8 Å². The third kappa shape index (κ3) is 1.67. The van der Waals surface area contributed by atoms with Crippen LogP contribution in [0.5, 0.6) is 11.5 Å². The number of aliphatic hydroxyl groups excluding tert-OH is 1. The molecule has 9 nitrogen and oxygen atoms in total. The molecule has 5 N–H and O–H groups in total. The topological polar surface area (TPSA) is 148 Å². The fourth-order valence-corrected chi connectivity index (χ4v) is 1.18. The summed E-state index contributed by atoms with van der Waals surface area (Å²) >= 11 is 0. The third-order valence-corrected chi connectivity index (χ3v) is 1.97. The molecule has 0 unspecified atom stereocenters. The van der Waals surface area contributed by atoms with Crippen LogP contribution < -0.4 is 5.73 Å². The Morgan fingerprint density at radius 3 is 2.65 bits per heavy atom. The molecule has 0 saturated carbocycles. The number of aromatic nitrogens is 3. The molecule has 2 rings (SSSR count). The number of rotatable bonds is 3. The third-order valence-electron chi connectivity index (χ3n) is 1.97. The van der Waals surface area contributed by atoms with Gasteiger partial charge in [0.15, 0.2) is 5.76 Å². The van der Waals surface area contributed by atoms with Gasteiger partial charge in [-0.25, -0.2) is 4.98 Å². The first-order valence-electron chi connectivity index (χ1n) is 4.41. The minimum absolute atomic E-state index is 0.228. The highest BCUT2D eigenvalue weighted by Gasteiger charge is 2.21. The molecule has 0 aliphatic rings. The molecule has 0 aromatic carbocycles. The predicted octanol–water partition coefficient (Wildman–Crippen LogP) is -1.14. The summed E-state index contributed by atoms with van der Waals surface area (Å²) in [6.45, 7) is -0.600. The van der Waals surface area contributed by atoms with Crippen molar-refractivity contribution in [2.75, 3.05) is 0 Å². The van der Waals surface area contributed by atoms with E-state index in [1.807, 2.05) is 0 Å². The standard InChI is InChI=1S/C8H8N4O5/c9-6(16)7-10-2-12(11-7)8-5(15)4(14)3(1-13)17-8/h2,13-15H,1H2,(H2,9,16). The maximum atomic E-state index is 10.8. The van der Waals surface area contributed by atoms with Crippen LogP contribution in [0.1, 0.15) is 16.4 Å². The van der Waals surface area contributed by atoms with E-state index < -0.39 is 24.0 Å². The lowest BCUT2D eigenvalue weighted by Crippen LogP contribution is -2.13. The molecule has 0 radical (unpaired) electrons. The van der Waals surface area contributed by atoms with E-state index in [1.165, 1.54) is 0 Å². The van der Waals surface area contributed by atoms with E-state index >= 15 is 0 Å². The number of furan rings is 1. The van der Waals surface area contributed by atoms with Crippen LogP contribution in [0.4, 0.5) is 0 Å². The molecular weight excluding hydrogens is 232 g/mol. The Balaban J connectivity index is 2.49. The summed E-state index contributed by atoms with van der Waals surface area (Å²) in [7, 11) is 0. The van der Waals surface area contributed by atoms with Gasteiger partial charge in [0.1, 0.15) is 12.9 Å². The average molecular weight is 240 g/mol. The zero-order chi connectivity index (χ0) is 12.6. The number of carbonyl (C=O) groups excluding carboxylic acids is 1. The number of nitrogens with two attached hydrogens (primary N) is 1. The Kier molecular flexibility index (Phi) is 2.44. The van der Waals surface area contributed by atoms with Crippen molar-refractivity contribution < 1.29 is 24.5 Å². The Bertz CT molecular complexity index is 572. The lowest BCUT2D eigenvalue weighted by Gasteiger charge is -1.94. The molecule has 2 heterocycles. The van der Waals surface area contributed by atoms with Gasteiger partial charge in [-0.2, -0.15) is 4.68 Å². The van der Waals surface area contributed by atoms with Crippen LogP contribution in [-0.4, -0.2) is 36.0 Å². The molecule has 0 spiro atoms. The van der Waals surface area contributed by atoms with E-state index in [2.05, 4.69) is 10.1 Å². The second-order valence-electron chi connectivity index (χ2n) is 3.06. The number of hydrogen-bond donors (Lipinski definition) is 4. The maximum absolute atomic E-state index is 10.8. The predicted molar refractivity (Wildman–Crippen MR) is 51.4 cm³/mol. The Morgan fingerprint density at radius 2 is 2.18 bits per heavy atom. The molecule has 0 atom stereocenters. The molecule has 17 heavy (non-hydrogen) atoms. The van der Waals surface area contributed by atoms with Crippen LogP contribution in [-0.2, 0) is 6.61 Å². The van der Waals surface area contributed by atoms with Crippen LogP contribution in [0.3, 0.4) is 0 Å². The van der Waals surface area contributed by atoms with Gasteiger partial charge in [0.2, 0.25) is 17.3 Å². The summed E-state index contributed by atoms with van der Waals surface area (Å²) in [5.41, 5.74) is 4.94. The van der Waals surface area contributed by atoms with E-state index in [0.717, 1.165) is 11.0 Å². The van der Waals surface area contributed by atoms with Gasteiger partial charge in [-0.1, -0.05) is 0 Å². The van der Waals surface area contributed by atoms with Gasteiger partial charge >= 0.3 is 0 Å². The van der Waals surface area contributed by atoms with Crippen molar-refractivity contribution in [3.8, 4) is 17.4 Å². The maximum Gasteiger partial charge on any atom is 0.288 e. The highest BCUT2D eigenvalue weighted by Crippen LogP contribution is 2.37. The van der Waals surface area contributed by atoms with Gasteiger partial charge in [-0.3, -0.25) is 4.79 Å². The van der Waals surface area contributed by atoms with E-state index in [4.69, 9.17) is 15.3 Å². The van der Waals surface area contributed by atoms with Crippen molar-refractivity contribution in [2.45, 2.75) is 6.61 Å². The summed E-state index contributed by atoms with van der Waals surface area (Å²) in [6.07, 6.45) is 1.07. The van der Waals surface area contributed by atoms with Gasteiger partial charge in [-0.15, -0.1) is 5.10 Å². The first-order chi connectivity index (χ1) is 8.04. The minimum Gasteiger partial charge on any atom is -0.502 e. The van der Waals surface area contributed by atoms with Crippen molar-refractivity contribution in [3.05, 3.63) is 17.9 Å². The molecule has 0 bridgehead atoms. The van der Waals surface area contributed by atoms with Crippen molar-refractivity contribution >= 4 is 5.91 Å². The molecule has 9 heteroatoms. The first kappa shape index (κ1) is 11.0. The van der Waals surface area contributed by atoms with Crippen LogP contribution in [0.2, 0.25) is 0 Å². The summed E-state index contributed by atoms with van der Waals surface area (Å²) < 4.78 is 5.84. The molecule has 2 aromatic rings. The zero-order valence-electron chi connectivity index (χ0n) is 8.36. The normalized spacial score (nSPS) is 10.6. The first-order valence-corrected chi connectivity index (χ1v) is 4.41. The quantitative estimate of drug-likeness (QED) is 0.530. The molecule has 0 fully saturated rings. The van der Waals surface area contributed by atoms with Gasteiger partial charge in [0.25, 0.3) is 11.8 Å². The van der Waals surface area contributed by atoms with Crippen molar-refractivity contribution in [1.29, 1.82) is 0 Å². The summed E-state index contributed by atoms with van der Waals surface area (Å²) in [5, 5.41) is 31.3. The van der Waals surface area contributed by atoms with Gasteiger partial charge in [-0.05, 0) is 0 Å². The molecule has 0 saturated heterocycles. The van der Waals surface area contributed by atoms with Crippen LogP contribution in [0.25, 0.3) is 5.88 Å². The Labute approximate surface area is 93.7 Å². The Hall–Kier alpha value is -2.55. The molecule has 2 aromatic heterocycles. The highest BCUT2D eigenvalue weighted by molar-refractivity contribution is 5.88. The highest BCUT2D eigenvalue weighted by atomic mass is 16.4. The molecule has 90 valence electrons. The van der Waals surface area contributed by atoms with Crippen LogP contribution in [0.15, 0.2) is 10.7 Å². The van der Waals surface area contributed by atoms with E-state index in [0.29, 0.717) is 0 Å². The van der Waals surface area contributed by atoms with E-state index in [1.54, 1.807) is 0 Å². The number of aliphatic hydroxyl groups is 1. The van der Waals surface area contributed by atoms with Crippen molar-refractivity contribution in [3.63, 3.8) is 0 Å². The van der Waals surface area contributed by atoms with E-state index in [9.17, 15) is 15.0 Å². The number of hydrogen-bond acceptors (Lipinski definition) is 7. The number of amides is 1. The SMILES string of the molecule is NC(=O)c1ncn(-c2oc(CO)c(O)c2O)n1. The zero-order valence-corrected chi connectivity index (χ0v) is 8.36. The lowest BCUT2D eigenvalue weighted by molar-refractivity contribution is 0.0990. The molecular formula is C8H8N4O5. The molecule has 0 aliphatic heterocycles. The smallest absolute Gasteiger partial charge is 0.288 e. The van der Waals surface area contributed by atoms with Gasteiger partial charge in [0, 0.05) is 0 Å². The number of aromatic hydroxyl groups is 2. The largest absolute Gasteiger partial charge is 0.502 e. The minimum atomic E-state index is -0.846. The monoisotopic (exact) mass is 240 g/mol. The fraction of sp³-hybridized carbons (Fsp3) is 0.125. The van der Waals surface area contributed by atoms with Crippen molar-refractivity contribution in [2.24, 2.45) is 5.73 Å². The fourth-order valence-electron chi connectivity index (χ4n) is 1.18.